The molecule has 1 unspecified atom stereocenters. The van der Waals surface area contributed by atoms with E-state index in [1.165, 1.54) is 12.1 Å². The zero-order valence-corrected chi connectivity index (χ0v) is 15.5. The number of carbonyl (C=O) groups is 1. The van der Waals surface area contributed by atoms with Crippen LogP contribution in [0.4, 0.5) is 5.69 Å². The van der Waals surface area contributed by atoms with Crippen molar-refractivity contribution in [1.82, 2.24) is 0 Å². The number of nitrogens with zero attached hydrogens (tertiary/aromatic N) is 1. The Morgan fingerprint density at radius 1 is 1.23 bits per heavy atom. The Morgan fingerprint density at radius 2 is 1.86 bits per heavy atom. The lowest BCUT2D eigenvalue weighted by atomic mass is 10.2. The quantitative estimate of drug-likeness (QED) is 0.676. The molecule has 1 aliphatic rings. The summed E-state index contributed by atoms with van der Waals surface area (Å²) in [6, 6.07) is 3.97. The predicted octanol–water partition coefficient (Wildman–Crippen LogP) is 3.88. The normalized spacial score (nSPS) is 20.9. The monoisotopic (exact) mass is 423 g/mol. The van der Waals surface area contributed by atoms with E-state index in [-0.39, 0.29) is 33.7 Å². The lowest BCUT2D eigenvalue weighted by Crippen LogP contribution is -2.47. The zero-order chi connectivity index (χ0) is 16.7. The fourth-order valence-electron chi connectivity index (χ4n) is 2.27. The molecule has 1 heterocycles. The van der Waals surface area contributed by atoms with Crippen LogP contribution < -0.4 is 4.90 Å². The molecule has 0 aliphatic carbocycles. The van der Waals surface area contributed by atoms with Crippen LogP contribution in [0.1, 0.15) is 6.42 Å². The first-order valence-corrected chi connectivity index (χ1v) is 9.79. The summed E-state index contributed by atoms with van der Waals surface area (Å²) in [4.78, 5) is 13.6. The van der Waals surface area contributed by atoms with E-state index in [0.717, 1.165) is 4.90 Å². The summed E-state index contributed by atoms with van der Waals surface area (Å²) in [5, 5.41) is 0.304. The molecule has 0 bridgehead atoms. The standard InChI is InChI=1S/C12H10Cl5NO3S/c13-8-2-1-3-9(10(8)14)18(11(19)12(15,16)17)7-4-5-22(20,21)6-7/h1-3,7H,4-6H2. The van der Waals surface area contributed by atoms with Crippen LogP contribution in [-0.2, 0) is 14.6 Å². The summed E-state index contributed by atoms with van der Waals surface area (Å²) < 4.78 is 21.2. The molecule has 0 radical (unpaired) electrons. The lowest BCUT2D eigenvalue weighted by molar-refractivity contribution is -0.118. The van der Waals surface area contributed by atoms with Crippen LogP contribution in [0, 0.1) is 0 Å². The van der Waals surface area contributed by atoms with Crippen molar-refractivity contribution >= 4 is 79.4 Å². The molecule has 1 atom stereocenters. The van der Waals surface area contributed by atoms with Crippen LogP contribution >= 0.6 is 58.0 Å². The van der Waals surface area contributed by atoms with Crippen LogP contribution in [0.2, 0.25) is 10.0 Å². The number of amides is 1. The van der Waals surface area contributed by atoms with Gasteiger partial charge in [-0.3, -0.25) is 4.79 Å². The topological polar surface area (TPSA) is 54.5 Å². The van der Waals surface area contributed by atoms with Gasteiger partial charge in [0.2, 0.25) is 0 Å². The number of sulfone groups is 1. The van der Waals surface area contributed by atoms with E-state index >= 15 is 0 Å². The summed E-state index contributed by atoms with van der Waals surface area (Å²) in [6.45, 7) is 0. The van der Waals surface area contributed by atoms with Crippen LogP contribution in [0.5, 0.6) is 0 Å². The van der Waals surface area contributed by atoms with Crippen molar-refractivity contribution in [3.8, 4) is 0 Å². The molecule has 1 aromatic carbocycles. The Labute approximate surface area is 153 Å². The second kappa shape index (κ2) is 6.54. The van der Waals surface area contributed by atoms with Gasteiger partial charge in [0.05, 0.1) is 33.3 Å². The van der Waals surface area contributed by atoms with E-state index in [0.29, 0.717) is 0 Å². The van der Waals surface area contributed by atoms with E-state index < -0.39 is 25.6 Å². The van der Waals surface area contributed by atoms with Crippen LogP contribution in [-0.4, -0.2) is 35.7 Å². The second-order valence-electron chi connectivity index (χ2n) is 4.80. The molecule has 1 amide bonds. The Balaban J connectivity index is 2.51. The average Bonchev–Trinajstić information content (AvgIpc) is 2.74. The average molecular weight is 426 g/mol. The molecule has 22 heavy (non-hydrogen) atoms. The third-order valence-corrected chi connectivity index (χ3v) is 6.27. The molecule has 10 heteroatoms. The van der Waals surface area contributed by atoms with Crippen molar-refractivity contribution in [2.75, 3.05) is 16.4 Å². The molecule has 1 saturated heterocycles. The fourth-order valence-corrected chi connectivity index (χ4v) is 4.63. The van der Waals surface area contributed by atoms with E-state index in [1.807, 2.05) is 0 Å². The Hall–Kier alpha value is 0.0900. The molecule has 0 N–H and O–H groups in total. The van der Waals surface area contributed by atoms with Crippen LogP contribution in [0.25, 0.3) is 0 Å². The highest BCUT2D eigenvalue weighted by Crippen LogP contribution is 2.39. The minimum atomic E-state index is -3.25. The van der Waals surface area contributed by atoms with Gasteiger partial charge in [-0.25, -0.2) is 8.42 Å². The van der Waals surface area contributed by atoms with Crippen molar-refractivity contribution in [2.45, 2.75) is 16.3 Å². The first kappa shape index (κ1) is 18.4. The highest BCUT2D eigenvalue weighted by molar-refractivity contribution is 7.91. The number of hydrogen-bond acceptors (Lipinski definition) is 3. The Kier molecular flexibility index (Phi) is 5.47. The van der Waals surface area contributed by atoms with Gasteiger partial charge >= 0.3 is 0 Å². The van der Waals surface area contributed by atoms with E-state index in [4.69, 9.17) is 58.0 Å². The maximum atomic E-state index is 12.5. The Bertz CT molecular complexity index is 701. The maximum Gasteiger partial charge on any atom is 0.279 e. The van der Waals surface area contributed by atoms with Gasteiger partial charge in [0.1, 0.15) is 0 Å². The number of hydrogen-bond donors (Lipinski definition) is 0. The van der Waals surface area contributed by atoms with Crippen LogP contribution in [0.3, 0.4) is 0 Å². The molecule has 0 spiro atoms. The van der Waals surface area contributed by atoms with Crippen molar-refractivity contribution in [2.24, 2.45) is 0 Å². The van der Waals surface area contributed by atoms with Gasteiger partial charge in [-0.05, 0) is 18.6 Å². The number of benzene rings is 1. The zero-order valence-electron chi connectivity index (χ0n) is 10.9. The van der Waals surface area contributed by atoms with Gasteiger partial charge in [-0.2, -0.15) is 0 Å². The van der Waals surface area contributed by atoms with Gasteiger partial charge < -0.3 is 4.90 Å². The smallest absolute Gasteiger partial charge is 0.279 e. The number of rotatable bonds is 2. The molecule has 1 aliphatic heterocycles. The van der Waals surface area contributed by atoms with Crippen molar-refractivity contribution in [3.05, 3.63) is 28.2 Å². The molecular formula is C12H10Cl5NO3S. The predicted molar refractivity (Wildman–Crippen MR) is 91.3 cm³/mol. The SMILES string of the molecule is O=C(N(c1cccc(Cl)c1Cl)C1CCS(=O)(=O)C1)C(Cl)(Cl)Cl. The third kappa shape index (κ3) is 3.94. The van der Waals surface area contributed by atoms with Gasteiger partial charge in [-0.15, -0.1) is 0 Å². The molecule has 122 valence electrons. The Morgan fingerprint density at radius 3 is 2.36 bits per heavy atom. The molecule has 1 fully saturated rings. The van der Waals surface area contributed by atoms with Crippen LogP contribution in [0.15, 0.2) is 18.2 Å². The summed E-state index contributed by atoms with van der Waals surface area (Å²) in [6.07, 6.45) is 0.234. The number of halogens is 5. The van der Waals surface area contributed by atoms with E-state index in [9.17, 15) is 13.2 Å². The summed E-state index contributed by atoms with van der Waals surface area (Å²) in [5.74, 6) is -1.13. The van der Waals surface area contributed by atoms with Gasteiger partial charge in [0.25, 0.3) is 9.70 Å². The fraction of sp³-hybridized carbons (Fsp3) is 0.417. The largest absolute Gasteiger partial charge is 0.303 e. The number of anilines is 1. The molecule has 0 saturated carbocycles. The highest BCUT2D eigenvalue weighted by atomic mass is 35.6. The van der Waals surface area contributed by atoms with E-state index in [2.05, 4.69) is 0 Å². The van der Waals surface area contributed by atoms with Gasteiger partial charge in [-0.1, -0.05) is 64.1 Å². The van der Waals surface area contributed by atoms with Gasteiger partial charge in [0, 0.05) is 0 Å². The molecule has 0 aromatic heterocycles. The number of alkyl halides is 3. The maximum absolute atomic E-state index is 12.5. The first-order valence-electron chi connectivity index (χ1n) is 6.08. The molecule has 4 nitrogen and oxygen atoms in total. The van der Waals surface area contributed by atoms with Gasteiger partial charge in [0.15, 0.2) is 9.84 Å². The van der Waals surface area contributed by atoms with Crippen molar-refractivity contribution in [3.63, 3.8) is 0 Å². The van der Waals surface area contributed by atoms with Crippen molar-refractivity contribution < 1.29 is 13.2 Å². The minimum absolute atomic E-state index is 0.0422. The summed E-state index contributed by atoms with van der Waals surface area (Å²) in [5.41, 5.74) is 0.215. The molecule has 2 rings (SSSR count). The minimum Gasteiger partial charge on any atom is -0.303 e. The summed E-state index contributed by atoms with van der Waals surface area (Å²) >= 11 is 29.1. The molecule has 1 aromatic rings. The molecular weight excluding hydrogens is 415 g/mol. The lowest BCUT2D eigenvalue weighted by Gasteiger charge is -2.31. The number of carbonyl (C=O) groups excluding carboxylic acids is 1. The third-order valence-electron chi connectivity index (χ3n) is 3.23. The van der Waals surface area contributed by atoms with E-state index in [1.54, 1.807) is 6.07 Å². The second-order valence-corrected chi connectivity index (χ2v) is 10.1. The first-order chi connectivity index (χ1) is 10.0. The highest BCUT2D eigenvalue weighted by Gasteiger charge is 2.43. The van der Waals surface area contributed by atoms with Crippen molar-refractivity contribution in [1.29, 1.82) is 0 Å². The summed E-state index contributed by atoms with van der Waals surface area (Å²) in [7, 11) is -3.25.